The molecule has 1 aliphatic carbocycles. The van der Waals surface area contributed by atoms with Gasteiger partial charge in [0, 0.05) is 30.6 Å². The molecule has 1 fully saturated rings. The van der Waals surface area contributed by atoms with Crippen LogP contribution >= 0.6 is 11.3 Å². The Balaban J connectivity index is 1.65. The zero-order valence-electron chi connectivity index (χ0n) is 12.6. The molecule has 2 aromatic rings. The highest BCUT2D eigenvalue weighted by atomic mass is 32.1. The molecule has 4 heteroatoms. The lowest BCUT2D eigenvalue weighted by Crippen LogP contribution is -2.25. The quantitative estimate of drug-likeness (QED) is 0.794. The van der Waals surface area contributed by atoms with E-state index >= 15 is 0 Å². The number of pyridine rings is 1. The molecule has 0 radical (unpaired) electrons. The van der Waals surface area contributed by atoms with Crippen LogP contribution in [-0.4, -0.2) is 22.5 Å². The van der Waals surface area contributed by atoms with Crippen LogP contribution in [0.1, 0.15) is 36.8 Å². The lowest BCUT2D eigenvalue weighted by molar-refractivity contribution is 0.245. The molecule has 0 atom stereocenters. The molecule has 21 heavy (non-hydrogen) atoms. The summed E-state index contributed by atoms with van der Waals surface area (Å²) in [5.74, 6) is 1.00. The zero-order valence-corrected chi connectivity index (χ0v) is 13.4. The van der Waals surface area contributed by atoms with Crippen molar-refractivity contribution in [3.63, 3.8) is 0 Å². The fraction of sp³-hybridized carbons (Fsp3) is 0.471. The number of nitrogens with one attached hydrogen (secondary N) is 1. The van der Waals surface area contributed by atoms with Gasteiger partial charge in [-0.2, -0.15) is 0 Å². The molecule has 0 aromatic carbocycles. The van der Waals surface area contributed by atoms with E-state index in [0.717, 1.165) is 37.9 Å². The number of hydrogen-bond acceptors (Lipinski definition) is 4. The molecule has 1 aliphatic rings. The average molecular weight is 301 g/mol. The standard InChI is InChI=1S/C17H23N3S/c1-2-10-18-17-7-3-5-14(19-17)12-20(15-8-9-15)13-16-6-4-11-21-16/h3-7,11,15H,2,8-10,12-13H2,1H3,(H,18,19). The minimum atomic E-state index is 0.751. The number of hydrogen-bond donors (Lipinski definition) is 1. The SMILES string of the molecule is CCCNc1cccc(CN(Cc2cccs2)C2CC2)n1. The van der Waals surface area contributed by atoms with Crippen molar-refractivity contribution in [2.45, 2.75) is 45.3 Å². The van der Waals surface area contributed by atoms with E-state index in [-0.39, 0.29) is 0 Å². The molecular formula is C17H23N3S. The van der Waals surface area contributed by atoms with Crippen LogP contribution in [0.3, 0.4) is 0 Å². The topological polar surface area (TPSA) is 28.2 Å². The fourth-order valence-electron chi connectivity index (χ4n) is 2.48. The summed E-state index contributed by atoms with van der Waals surface area (Å²) in [4.78, 5) is 8.75. The smallest absolute Gasteiger partial charge is 0.126 e. The van der Waals surface area contributed by atoms with Crippen molar-refractivity contribution >= 4 is 17.2 Å². The van der Waals surface area contributed by atoms with Crippen molar-refractivity contribution in [1.29, 1.82) is 0 Å². The first-order valence-electron chi connectivity index (χ1n) is 7.81. The monoisotopic (exact) mass is 301 g/mol. The molecule has 1 saturated carbocycles. The molecule has 3 rings (SSSR count). The van der Waals surface area contributed by atoms with Gasteiger partial charge in [-0.3, -0.25) is 4.90 Å². The van der Waals surface area contributed by atoms with Crippen LogP contribution in [-0.2, 0) is 13.1 Å². The molecular weight excluding hydrogens is 278 g/mol. The first-order valence-corrected chi connectivity index (χ1v) is 8.69. The summed E-state index contributed by atoms with van der Waals surface area (Å²) in [5, 5.41) is 5.53. The van der Waals surface area contributed by atoms with Crippen LogP contribution in [0.4, 0.5) is 5.82 Å². The molecule has 0 aliphatic heterocycles. The van der Waals surface area contributed by atoms with Crippen molar-refractivity contribution in [3.8, 4) is 0 Å². The lowest BCUT2D eigenvalue weighted by Gasteiger charge is -2.21. The first kappa shape index (κ1) is 14.5. The normalized spacial score (nSPS) is 14.6. The molecule has 0 spiro atoms. The summed E-state index contributed by atoms with van der Waals surface area (Å²) in [6.45, 7) is 5.16. The van der Waals surface area contributed by atoms with Crippen LogP contribution in [0.15, 0.2) is 35.7 Å². The minimum absolute atomic E-state index is 0.751. The van der Waals surface area contributed by atoms with Gasteiger partial charge in [0.1, 0.15) is 5.82 Å². The molecule has 2 heterocycles. The van der Waals surface area contributed by atoms with Gasteiger partial charge < -0.3 is 5.32 Å². The summed E-state index contributed by atoms with van der Waals surface area (Å²) in [7, 11) is 0. The van der Waals surface area contributed by atoms with Crippen molar-refractivity contribution < 1.29 is 0 Å². The Kier molecular flexibility index (Phi) is 4.88. The van der Waals surface area contributed by atoms with Crippen molar-refractivity contribution in [2.75, 3.05) is 11.9 Å². The third kappa shape index (κ3) is 4.29. The van der Waals surface area contributed by atoms with Gasteiger partial charge in [-0.05, 0) is 42.8 Å². The van der Waals surface area contributed by atoms with E-state index in [9.17, 15) is 0 Å². The largest absolute Gasteiger partial charge is 0.370 e. The Hall–Kier alpha value is -1.39. The second kappa shape index (κ2) is 7.05. The third-order valence-electron chi connectivity index (χ3n) is 3.73. The summed E-state index contributed by atoms with van der Waals surface area (Å²) in [5.41, 5.74) is 1.17. The van der Waals surface area contributed by atoms with E-state index in [1.54, 1.807) is 0 Å². The van der Waals surface area contributed by atoms with Gasteiger partial charge in [0.2, 0.25) is 0 Å². The first-order chi connectivity index (χ1) is 10.3. The van der Waals surface area contributed by atoms with Crippen LogP contribution in [0.2, 0.25) is 0 Å². The predicted molar refractivity (Wildman–Crippen MR) is 89.6 cm³/mol. The van der Waals surface area contributed by atoms with Gasteiger partial charge in [0.05, 0.1) is 5.69 Å². The molecule has 3 nitrogen and oxygen atoms in total. The van der Waals surface area contributed by atoms with Gasteiger partial charge in [0.25, 0.3) is 0 Å². The minimum Gasteiger partial charge on any atom is -0.370 e. The van der Waals surface area contributed by atoms with E-state index in [4.69, 9.17) is 4.98 Å². The van der Waals surface area contributed by atoms with Crippen molar-refractivity contribution in [3.05, 3.63) is 46.3 Å². The third-order valence-corrected chi connectivity index (χ3v) is 4.59. The molecule has 0 unspecified atom stereocenters. The highest BCUT2D eigenvalue weighted by molar-refractivity contribution is 7.09. The van der Waals surface area contributed by atoms with Crippen molar-refractivity contribution in [2.24, 2.45) is 0 Å². The zero-order chi connectivity index (χ0) is 14.5. The Morgan fingerprint density at radius 2 is 2.14 bits per heavy atom. The summed E-state index contributed by atoms with van der Waals surface area (Å²) in [6, 6.07) is 11.4. The Morgan fingerprint density at radius 1 is 1.24 bits per heavy atom. The van der Waals surface area contributed by atoms with Gasteiger partial charge in [-0.1, -0.05) is 19.1 Å². The summed E-state index contributed by atoms with van der Waals surface area (Å²) < 4.78 is 0. The van der Waals surface area contributed by atoms with Gasteiger partial charge in [-0.15, -0.1) is 11.3 Å². The highest BCUT2D eigenvalue weighted by Crippen LogP contribution is 2.30. The second-order valence-corrected chi connectivity index (χ2v) is 6.69. The summed E-state index contributed by atoms with van der Waals surface area (Å²) >= 11 is 1.85. The second-order valence-electron chi connectivity index (χ2n) is 5.66. The van der Waals surface area contributed by atoms with Gasteiger partial charge in [0.15, 0.2) is 0 Å². The van der Waals surface area contributed by atoms with E-state index in [1.807, 2.05) is 11.3 Å². The van der Waals surface area contributed by atoms with Gasteiger partial charge in [-0.25, -0.2) is 4.98 Å². The number of thiophene rings is 1. The molecule has 1 N–H and O–H groups in total. The predicted octanol–water partition coefficient (Wildman–Crippen LogP) is 4.13. The lowest BCUT2D eigenvalue weighted by atomic mass is 10.3. The molecule has 2 aromatic heterocycles. The Morgan fingerprint density at radius 3 is 2.86 bits per heavy atom. The molecule has 0 amide bonds. The van der Waals surface area contributed by atoms with E-state index in [2.05, 4.69) is 52.9 Å². The maximum atomic E-state index is 4.74. The average Bonchev–Trinajstić information content (AvgIpc) is 3.23. The van der Waals surface area contributed by atoms with E-state index < -0.39 is 0 Å². The van der Waals surface area contributed by atoms with Crippen LogP contribution in [0.5, 0.6) is 0 Å². The van der Waals surface area contributed by atoms with Gasteiger partial charge >= 0.3 is 0 Å². The number of nitrogens with zero attached hydrogens (tertiary/aromatic N) is 2. The molecule has 112 valence electrons. The number of anilines is 1. The van der Waals surface area contributed by atoms with Crippen LogP contribution in [0, 0.1) is 0 Å². The maximum absolute atomic E-state index is 4.74. The Bertz CT molecular complexity index is 549. The summed E-state index contributed by atoms with van der Waals surface area (Å²) in [6.07, 6.45) is 3.79. The van der Waals surface area contributed by atoms with E-state index in [1.165, 1.54) is 23.4 Å². The van der Waals surface area contributed by atoms with E-state index in [0.29, 0.717) is 0 Å². The molecule has 0 saturated heterocycles. The Labute approximate surface area is 131 Å². The van der Waals surface area contributed by atoms with Crippen molar-refractivity contribution in [1.82, 2.24) is 9.88 Å². The molecule has 0 bridgehead atoms. The number of aromatic nitrogens is 1. The highest BCUT2D eigenvalue weighted by Gasteiger charge is 2.29. The maximum Gasteiger partial charge on any atom is 0.126 e. The van der Waals surface area contributed by atoms with Crippen LogP contribution < -0.4 is 5.32 Å². The fourth-order valence-corrected chi connectivity index (χ4v) is 3.21. The van der Waals surface area contributed by atoms with Crippen LogP contribution in [0.25, 0.3) is 0 Å². The number of rotatable bonds is 8.